The first kappa shape index (κ1) is 17.4. The average Bonchev–Trinajstić information content (AvgIpc) is 2.50. The lowest BCUT2D eigenvalue weighted by atomic mass is 10.2. The predicted molar refractivity (Wildman–Crippen MR) is 91.3 cm³/mol. The number of benzene rings is 2. The Bertz CT molecular complexity index is 768. The van der Waals surface area contributed by atoms with E-state index in [1.807, 2.05) is 13.0 Å². The first-order valence-electron chi connectivity index (χ1n) is 6.66. The molecule has 0 aliphatic heterocycles. The minimum atomic E-state index is -0.701. The number of nitrogens with one attached hydrogen (secondary N) is 2. The molecule has 0 spiro atoms. The molecular weight excluding hydrogens is 387 g/mol. The average molecular weight is 400 g/mol. The molecule has 2 amide bonds. The van der Waals surface area contributed by atoms with Gasteiger partial charge in [0.2, 0.25) is 5.91 Å². The summed E-state index contributed by atoms with van der Waals surface area (Å²) in [6, 6.07) is 9.05. The highest BCUT2D eigenvalue weighted by molar-refractivity contribution is 9.10. The van der Waals surface area contributed by atoms with E-state index in [-0.39, 0.29) is 17.1 Å². The van der Waals surface area contributed by atoms with Crippen LogP contribution in [0.3, 0.4) is 0 Å². The van der Waals surface area contributed by atoms with Crippen molar-refractivity contribution in [1.82, 2.24) is 5.32 Å². The molecule has 0 fully saturated rings. The molecule has 4 nitrogen and oxygen atoms in total. The Morgan fingerprint density at radius 3 is 2.65 bits per heavy atom. The second-order valence-corrected chi connectivity index (χ2v) is 6.17. The van der Waals surface area contributed by atoms with Crippen molar-refractivity contribution in [2.45, 2.75) is 6.92 Å². The van der Waals surface area contributed by atoms with Crippen LogP contribution in [-0.2, 0) is 4.79 Å². The molecule has 2 aromatic carbocycles. The number of anilines is 1. The lowest BCUT2D eigenvalue weighted by Gasteiger charge is -2.10. The maximum Gasteiger partial charge on any atom is 0.254 e. The van der Waals surface area contributed by atoms with Crippen LogP contribution in [0.15, 0.2) is 40.9 Å². The van der Waals surface area contributed by atoms with Crippen molar-refractivity contribution in [3.05, 3.63) is 62.8 Å². The summed E-state index contributed by atoms with van der Waals surface area (Å²) in [6.45, 7) is 1.57. The molecular formula is C16H13BrClFN2O2. The fourth-order valence-electron chi connectivity index (χ4n) is 1.89. The second kappa shape index (κ2) is 7.57. The fourth-order valence-corrected chi connectivity index (χ4v) is 2.54. The Kier molecular flexibility index (Phi) is 5.74. The highest BCUT2D eigenvalue weighted by Crippen LogP contribution is 2.20. The van der Waals surface area contributed by atoms with E-state index in [9.17, 15) is 14.0 Å². The third kappa shape index (κ3) is 4.77. The summed E-state index contributed by atoms with van der Waals surface area (Å²) in [5, 5.41) is 5.28. The minimum Gasteiger partial charge on any atom is -0.343 e. The van der Waals surface area contributed by atoms with Crippen LogP contribution in [0.5, 0.6) is 0 Å². The third-order valence-corrected chi connectivity index (χ3v) is 3.77. The Hall–Kier alpha value is -1.92. The summed E-state index contributed by atoms with van der Waals surface area (Å²) in [7, 11) is 0. The first-order chi connectivity index (χ1) is 10.9. The lowest BCUT2D eigenvalue weighted by Crippen LogP contribution is -2.33. The van der Waals surface area contributed by atoms with E-state index in [2.05, 4.69) is 26.6 Å². The van der Waals surface area contributed by atoms with Crippen LogP contribution in [0.25, 0.3) is 0 Å². The van der Waals surface area contributed by atoms with Crippen LogP contribution in [0.4, 0.5) is 10.1 Å². The van der Waals surface area contributed by atoms with Gasteiger partial charge in [0.15, 0.2) is 0 Å². The van der Waals surface area contributed by atoms with Crippen molar-refractivity contribution in [2.75, 3.05) is 11.9 Å². The topological polar surface area (TPSA) is 58.2 Å². The van der Waals surface area contributed by atoms with E-state index >= 15 is 0 Å². The molecule has 0 aromatic heterocycles. The van der Waals surface area contributed by atoms with Crippen LogP contribution in [0.1, 0.15) is 15.9 Å². The molecule has 0 radical (unpaired) electrons. The quantitative estimate of drug-likeness (QED) is 0.819. The molecule has 0 aliphatic rings. The summed E-state index contributed by atoms with van der Waals surface area (Å²) in [5.41, 5.74) is 1.31. The van der Waals surface area contributed by atoms with E-state index in [1.165, 1.54) is 12.1 Å². The Morgan fingerprint density at radius 2 is 1.96 bits per heavy atom. The number of rotatable bonds is 4. The molecule has 0 saturated carbocycles. The normalized spacial score (nSPS) is 10.3. The van der Waals surface area contributed by atoms with E-state index in [4.69, 9.17) is 11.6 Å². The van der Waals surface area contributed by atoms with Crippen molar-refractivity contribution in [3.63, 3.8) is 0 Å². The minimum absolute atomic E-state index is 0.204. The third-order valence-electron chi connectivity index (χ3n) is 3.05. The Morgan fingerprint density at radius 1 is 1.22 bits per heavy atom. The highest BCUT2D eigenvalue weighted by atomic mass is 79.9. The zero-order valence-corrected chi connectivity index (χ0v) is 14.5. The lowest BCUT2D eigenvalue weighted by molar-refractivity contribution is -0.115. The van der Waals surface area contributed by atoms with E-state index in [1.54, 1.807) is 12.1 Å². The van der Waals surface area contributed by atoms with Gasteiger partial charge in [0.25, 0.3) is 5.91 Å². The maximum atomic E-state index is 13.6. The molecule has 0 heterocycles. The summed E-state index contributed by atoms with van der Waals surface area (Å²) in [6.07, 6.45) is 0. The Labute approximate surface area is 146 Å². The fraction of sp³-hybridized carbons (Fsp3) is 0.125. The van der Waals surface area contributed by atoms with Gasteiger partial charge in [-0.15, -0.1) is 0 Å². The molecule has 0 aliphatic carbocycles. The second-order valence-electron chi connectivity index (χ2n) is 4.81. The van der Waals surface area contributed by atoms with Crippen LogP contribution in [-0.4, -0.2) is 18.4 Å². The van der Waals surface area contributed by atoms with Gasteiger partial charge in [-0.3, -0.25) is 9.59 Å². The summed E-state index contributed by atoms with van der Waals surface area (Å²) >= 11 is 9.07. The van der Waals surface area contributed by atoms with E-state index < -0.39 is 17.6 Å². The number of halogens is 3. The molecule has 0 saturated heterocycles. The van der Waals surface area contributed by atoms with Crippen LogP contribution in [0, 0.1) is 12.7 Å². The van der Waals surface area contributed by atoms with Gasteiger partial charge < -0.3 is 10.6 Å². The molecule has 2 aromatic rings. The Balaban J connectivity index is 1.96. The first-order valence-corrected chi connectivity index (χ1v) is 7.83. The van der Waals surface area contributed by atoms with E-state index in [0.717, 1.165) is 16.1 Å². The summed E-state index contributed by atoms with van der Waals surface area (Å²) in [4.78, 5) is 23.8. The molecule has 2 N–H and O–H groups in total. The summed E-state index contributed by atoms with van der Waals surface area (Å²) in [5.74, 6) is -1.81. The zero-order chi connectivity index (χ0) is 17.0. The van der Waals surface area contributed by atoms with Gasteiger partial charge in [-0.2, -0.15) is 0 Å². The van der Waals surface area contributed by atoms with Gasteiger partial charge in [-0.05, 0) is 48.9 Å². The number of hydrogen-bond donors (Lipinski definition) is 2. The van der Waals surface area contributed by atoms with Gasteiger partial charge in [0, 0.05) is 15.2 Å². The largest absolute Gasteiger partial charge is 0.343 e. The standard InChI is InChI=1S/C16H13BrClFN2O2/c1-9-6-10(17)2-5-14(9)21-15(22)8-20-16(23)12-7-11(18)3-4-13(12)19/h2-7H,8H2,1H3,(H,20,23)(H,21,22). The number of carbonyl (C=O) groups excluding carboxylic acids is 2. The van der Waals surface area contributed by atoms with E-state index in [0.29, 0.717) is 5.69 Å². The monoisotopic (exact) mass is 398 g/mol. The molecule has 0 unspecified atom stereocenters. The van der Waals surface area contributed by atoms with Crippen molar-refractivity contribution in [1.29, 1.82) is 0 Å². The van der Waals surface area contributed by atoms with Gasteiger partial charge in [0.1, 0.15) is 5.82 Å². The molecule has 23 heavy (non-hydrogen) atoms. The summed E-state index contributed by atoms with van der Waals surface area (Å²) < 4.78 is 14.5. The molecule has 7 heteroatoms. The smallest absolute Gasteiger partial charge is 0.254 e. The van der Waals surface area contributed by atoms with Crippen molar-refractivity contribution in [3.8, 4) is 0 Å². The van der Waals surface area contributed by atoms with Gasteiger partial charge in [-0.1, -0.05) is 27.5 Å². The van der Waals surface area contributed by atoms with Gasteiger partial charge in [-0.25, -0.2) is 4.39 Å². The highest BCUT2D eigenvalue weighted by Gasteiger charge is 2.13. The number of hydrogen-bond acceptors (Lipinski definition) is 2. The van der Waals surface area contributed by atoms with Crippen LogP contribution in [0.2, 0.25) is 5.02 Å². The maximum absolute atomic E-state index is 13.6. The van der Waals surface area contributed by atoms with Crippen molar-refractivity contribution >= 4 is 45.0 Å². The van der Waals surface area contributed by atoms with Gasteiger partial charge in [0.05, 0.1) is 12.1 Å². The van der Waals surface area contributed by atoms with Crippen molar-refractivity contribution < 1.29 is 14.0 Å². The molecule has 0 atom stereocenters. The number of aryl methyl sites for hydroxylation is 1. The predicted octanol–water partition coefficient (Wildman–Crippen LogP) is 3.92. The van der Waals surface area contributed by atoms with Gasteiger partial charge >= 0.3 is 0 Å². The molecule has 0 bridgehead atoms. The number of amides is 2. The number of carbonyl (C=O) groups is 2. The van der Waals surface area contributed by atoms with Crippen LogP contribution >= 0.6 is 27.5 Å². The van der Waals surface area contributed by atoms with Crippen LogP contribution < -0.4 is 10.6 Å². The zero-order valence-electron chi connectivity index (χ0n) is 12.1. The SMILES string of the molecule is Cc1cc(Br)ccc1NC(=O)CNC(=O)c1cc(Cl)ccc1F. The molecule has 120 valence electrons. The molecule has 2 rings (SSSR count). The van der Waals surface area contributed by atoms with Crippen molar-refractivity contribution in [2.24, 2.45) is 0 Å².